The second kappa shape index (κ2) is 5.56. The van der Waals surface area contributed by atoms with Gasteiger partial charge in [0.25, 0.3) is 5.91 Å². The van der Waals surface area contributed by atoms with Gasteiger partial charge < -0.3 is 10.4 Å². The summed E-state index contributed by atoms with van der Waals surface area (Å²) < 4.78 is 0. The van der Waals surface area contributed by atoms with Gasteiger partial charge >= 0.3 is 6.03 Å². The number of benzene rings is 1. The monoisotopic (exact) mass is 312 g/mol. The smallest absolute Gasteiger partial charge is 0.329 e. The summed E-state index contributed by atoms with van der Waals surface area (Å²) in [6.07, 6.45) is 2.88. The van der Waals surface area contributed by atoms with Crippen molar-refractivity contribution in [1.29, 1.82) is 0 Å². The number of hydrogen-bond donors (Lipinski definition) is 2. The van der Waals surface area contributed by atoms with Crippen molar-refractivity contribution in [2.75, 3.05) is 6.54 Å². The maximum atomic E-state index is 12.0. The van der Waals surface area contributed by atoms with Gasteiger partial charge in [-0.25, -0.2) is 4.79 Å². The first kappa shape index (κ1) is 14.4. The first-order valence-electron chi connectivity index (χ1n) is 5.57. The second-order valence-electron chi connectivity index (χ2n) is 4.03. The predicted octanol–water partition coefficient (Wildman–Crippen LogP) is 2.78. The lowest BCUT2D eigenvalue weighted by atomic mass is 10.2. The molecule has 2 rings (SSSR count). The van der Waals surface area contributed by atoms with E-state index in [0.717, 1.165) is 4.90 Å². The van der Waals surface area contributed by atoms with Crippen LogP contribution in [0.4, 0.5) is 4.79 Å². The van der Waals surface area contributed by atoms with Gasteiger partial charge in [-0.2, -0.15) is 0 Å². The number of phenolic OH excluding ortho intramolecular Hbond substituents is 1. The van der Waals surface area contributed by atoms with Gasteiger partial charge in [-0.05, 0) is 23.8 Å². The number of aromatic hydroxyl groups is 1. The first-order valence-corrected chi connectivity index (χ1v) is 6.33. The van der Waals surface area contributed by atoms with Gasteiger partial charge in [0.1, 0.15) is 5.70 Å². The summed E-state index contributed by atoms with van der Waals surface area (Å²) in [5.41, 5.74) is 0.594. The molecule has 7 heteroatoms. The topological polar surface area (TPSA) is 69.6 Å². The molecule has 5 nitrogen and oxygen atoms in total. The fraction of sp³-hybridized carbons (Fsp3) is 0.0769. The zero-order valence-corrected chi connectivity index (χ0v) is 11.7. The molecule has 0 atom stereocenters. The van der Waals surface area contributed by atoms with Crippen LogP contribution in [0, 0.1) is 0 Å². The van der Waals surface area contributed by atoms with Crippen molar-refractivity contribution in [2.24, 2.45) is 0 Å². The summed E-state index contributed by atoms with van der Waals surface area (Å²) in [5, 5.41) is 12.0. The van der Waals surface area contributed by atoms with Gasteiger partial charge in [0.2, 0.25) is 0 Å². The highest BCUT2D eigenvalue weighted by atomic mass is 35.5. The zero-order chi connectivity index (χ0) is 14.9. The molecule has 1 aromatic carbocycles. The molecular weight excluding hydrogens is 303 g/mol. The van der Waals surface area contributed by atoms with E-state index in [4.69, 9.17) is 23.2 Å². The van der Waals surface area contributed by atoms with E-state index in [-0.39, 0.29) is 28.0 Å². The van der Waals surface area contributed by atoms with Crippen molar-refractivity contribution in [2.45, 2.75) is 0 Å². The van der Waals surface area contributed by atoms with Crippen LogP contribution in [0.5, 0.6) is 5.75 Å². The molecule has 0 unspecified atom stereocenters. The number of halogens is 2. The van der Waals surface area contributed by atoms with Gasteiger partial charge in [0.05, 0.1) is 10.0 Å². The summed E-state index contributed by atoms with van der Waals surface area (Å²) in [6.45, 7) is 3.60. The second-order valence-corrected chi connectivity index (χ2v) is 4.84. The highest BCUT2D eigenvalue weighted by Crippen LogP contribution is 2.33. The number of carbonyl (C=O) groups excluding carboxylic acids is 2. The van der Waals surface area contributed by atoms with Crippen LogP contribution >= 0.6 is 23.2 Å². The Labute approximate surface area is 125 Å². The van der Waals surface area contributed by atoms with Crippen molar-refractivity contribution in [3.63, 3.8) is 0 Å². The minimum absolute atomic E-state index is 0.0593. The summed E-state index contributed by atoms with van der Waals surface area (Å²) in [4.78, 5) is 24.6. The van der Waals surface area contributed by atoms with Gasteiger partial charge in [-0.1, -0.05) is 29.3 Å². The molecule has 1 fully saturated rings. The van der Waals surface area contributed by atoms with Crippen LogP contribution in [0.1, 0.15) is 5.56 Å². The van der Waals surface area contributed by atoms with E-state index < -0.39 is 11.9 Å². The van der Waals surface area contributed by atoms with Crippen molar-refractivity contribution in [3.05, 3.63) is 46.1 Å². The Morgan fingerprint density at radius 2 is 1.90 bits per heavy atom. The van der Waals surface area contributed by atoms with E-state index in [9.17, 15) is 14.7 Å². The van der Waals surface area contributed by atoms with E-state index in [1.807, 2.05) is 0 Å². The predicted molar refractivity (Wildman–Crippen MR) is 76.5 cm³/mol. The third-order valence-electron chi connectivity index (χ3n) is 2.62. The zero-order valence-electron chi connectivity index (χ0n) is 10.2. The Bertz CT molecular complexity index is 617. The molecule has 0 bridgehead atoms. The number of nitrogens with one attached hydrogen (secondary N) is 1. The summed E-state index contributed by atoms with van der Waals surface area (Å²) in [6, 6.07) is 2.36. The van der Waals surface area contributed by atoms with Gasteiger partial charge in [0, 0.05) is 6.54 Å². The standard InChI is InChI=1S/C13H10Cl2N2O3/c1-2-3-17-12(19)10(16-13(17)20)6-7-4-8(14)11(18)9(15)5-7/h2,4-6,18H,1,3H2,(H,16,20). The van der Waals surface area contributed by atoms with Gasteiger partial charge in [0.15, 0.2) is 5.75 Å². The molecule has 0 aliphatic carbocycles. The molecule has 1 aliphatic heterocycles. The van der Waals surface area contributed by atoms with Crippen LogP contribution < -0.4 is 5.32 Å². The average molecular weight is 313 g/mol. The quantitative estimate of drug-likeness (QED) is 0.512. The van der Waals surface area contributed by atoms with Crippen LogP contribution in [0.15, 0.2) is 30.5 Å². The molecule has 104 valence electrons. The minimum atomic E-state index is -0.517. The fourth-order valence-electron chi connectivity index (χ4n) is 1.70. The van der Waals surface area contributed by atoms with Crippen molar-refractivity contribution in [1.82, 2.24) is 10.2 Å². The molecule has 0 aromatic heterocycles. The number of carbonyl (C=O) groups is 2. The Morgan fingerprint density at radius 1 is 1.30 bits per heavy atom. The molecule has 1 aromatic rings. The highest BCUT2D eigenvalue weighted by Gasteiger charge is 2.32. The maximum absolute atomic E-state index is 12.0. The number of rotatable bonds is 3. The van der Waals surface area contributed by atoms with E-state index in [1.54, 1.807) is 0 Å². The van der Waals surface area contributed by atoms with E-state index in [2.05, 4.69) is 11.9 Å². The molecule has 3 amide bonds. The molecular formula is C13H10Cl2N2O3. The average Bonchev–Trinajstić information content (AvgIpc) is 2.64. The largest absolute Gasteiger partial charge is 0.505 e. The SMILES string of the molecule is C=CCN1C(=O)NC(=Cc2cc(Cl)c(O)c(Cl)c2)C1=O. The van der Waals surface area contributed by atoms with Crippen LogP contribution in [-0.2, 0) is 4.79 Å². The molecule has 1 heterocycles. The number of hydrogen-bond acceptors (Lipinski definition) is 3. The molecule has 20 heavy (non-hydrogen) atoms. The Hall–Kier alpha value is -1.98. The molecule has 0 spiro atoms. The Balaban J connectivity index is 2.35. The molecule has 1 saturated heterocycles. The number of nitrogens with zero attached hydrogens (tertiary/aromatic N) is 1. The Morgan fingerprint density at radius 3 is 2.45 bits per heavy atom. The lowest BCUT2D eigenvalue weighted by Crippen LogP contribution is -2.30. The van der Waals surface area contributed by atoms with Crippen molar-refractivity contribution < 1.29 is 14.7 Å². The van der Waals surface area contributed by atoms with E-state index >= 15 is 0 Å². The molecule has 0 radical (unpaired) electrons. The third-order valence-corrected chi connectivity index (χ3v) is 3.20. The summed E-state index contributed by atoms with van der Waals surface area (Å²) in [7, 11) is 0. The van der Waals surface area contributed by atoms with E-state index in [0.29, 0.717) is 5.56 Å². The maximum Gasteiger partial charge on any atom is 0.329 e. The lowest BCUT2D eigenvalue weighted by Gasteiger charge is -2.07. The molecule has 2 N–H and O–H groups in total. The fourth-order valence-corrected chi connectivity index (χ4v) is 2.21. The van der Waals surface area contributed by atoms with Crippen molar-refractivity contribution >= 4 is 41.2 Å². The lowest BCUT2D eigenvalue weighted by molar-refractivity contribution is -0.122. The Kier molecular flexibility index (Phi) is 4.01. The third kappa shape index (κ3) is 2.64. The van der Waals surface area contributed by atoms with Crippen LogP contribution in [0.25, 0.3) is 6.08 Å². The number of amides is 3. The number of imide groups is 1. The van der Waals surface area contributed by atoms with Crippen molar-refractivity contribution in [3.8, 4) is 5.75 Å². The minimum Gasteiger partial charge on any atom is -0.505 e. The van der Waals surface area contributed by atoms with Crippen LogP contribution in [-0.4, -0.2) is 28.5 Å². The van der Waals surface area contributed by atoms with E-state index in [1.165, 1.54) is 24.3 Å². The summed E-state index contributed by atoms with van der Waals surface area (Å²) in [5.74, 6) is -0.694. The van der Waals surface area contributed by atoms with Crippen LogP contribution in [0.3, 0.4) is 0 Å². The summed E-state index contributed by atoms with van der Waals surface area (Å²) >= 11 is 11.6. The first-order chi connectivity index (χ1) is 9.43. The number of phenols is 1. The molecule has 0 saturated carbocycles. The highest BCUT2D eigenvalue weighted by molar-refractivity contribution is 6.37. The van der Waals surface area contributed by atoms with Crippen LogP contribution in [0.2, 0.25) is 10.0 Å². The van der Waals surface area contributed by atoms with Gasteiger partial charge in [-0.15, -0.1) is 6.58 Å². The normalized spacial score (nSPS) is 16.7. The number of urea groups is 1. The van der Waals surface area contributed by atoms with Gasteiger partial charge in [-0.3, -0.25) is 9.69 Å². The molecule has 1 aliphatic rings.